The summed E-state index contributed by atoms with van der Waals surface area (Å²) in [6.45, 7) is 4.86. The van der Waals surface area contributed by atoms with Gasteiger partial charge in [0.25, 0.3) is 0 Å². The maximum atomic E-state index is 4.28. The minimum Gasteiger partial charge on any atom is -0.311 e. The maximum Gasteiger partial charge on any atom is 0.0425 e. The zero-order valence-electron chi connectivity index (χ0n) is 6.96. The first-order chi connectivity index (χ1) is 5.88. The van der Waals surface area contributed by atoms with Crippen molar-refractivity contribution < 1.29 is 0 Å². The molecule has 1 aliphatic heterocycles. The molecule has 0 radical (unpaired) electrons. The van der Waals surface area contributed by atoms with Gasteiger partial charge in [-0.3, -0.25) is 4.98 Å². The lowest BCUT2D eigenvalue weighted by molar-refractivity contribution is 0.889. The lowest BCUT2D eigenvalue weighted by atomic mass is 10.1. The van der Waals surface area contributed by atoms with Crippen molar-refractivity contribution in [1.29, 1.82) is 0 Å². The van der Waals surface area contributed by atoms with E-state index in [1.807, 2.05) is 18.3 Å². The van der Waals surface area contributed by atoms with Crippen LogP contribution in [-0.2, 0) is 6.42 Å². The summed E-state index contributed by atoms with van der Waals surface area (Å²) in [6, 6.07) is 4.72. The molecule has 1 N–H and O–H groups in total. The normalized spacial score (nSPS) is 20.5. The van der Waals surface area contributed by atoms with E-state index >= 15 is 0 Å². The van der Waals surface area contributed by atoms with Crippen molar-refractivity contribution in [2.24, 2.45) is 0 Å². The Kier molecular flexibility index (Phi) is 1.92. The SMILES string of the molecule is C=Cc1ccnc(CC2CN2)c1. The van der Waals surface area contributed by atoms with E-state index in [0.717, 1.165) is 24.2 Å². The molecule has 1 unspecified atom stereocenters. The summed E-state index contributed by atoms with van der Waals surface area (Å²) in [7, 11) is 0. The van der Waals surface area contributed by atoms with E-state index < -0.39 is 0 Å². The number of pyridine rings is 1. The molecule has 0 saturated carbocycles. The van der Waals surface area contributed by atoms with Crippen molar-refractivity contribution in [2.75, 3.05) is 6.54 Å². The van der Waals surface area contributed by atoms with Crippen LogP contribution in [0.2, 0.25) is 0 Å². The van der Waals surface area contributed by atoms with Crippen LogP contribution in [-0.4, -0.2) is 17.6 Å². The molecular weight excluding hydrogens is 148 g/mol. The average molecular weight is 160 g/mol. The van der Waals surface area contributed by atoms with Crippen molar-refractivity contribution in [1.82, 2.24) is 10.3 Å². The van der Waals surface area contributed by atoms with Crippen LogP contribution in [0.3, 0.4) is 0 Å². The highest BCUT2D eigenvalue weighted by Crippen LogP contribution is 2.09. The van der Waals surface area contributed by atoms with Crippen LogP contribution < -0.4 is 5.32 Å². The summed E-state index contributed by atoms with van der Waals surface area (Å²) in [5.74, 6) is 0. The second kappa shape index (κ2) is 3.07. The molecule has 1 aromatic heterocycles. The van der Waals surface area contributed by atoms with E-state index in [1.165, 1.54) is 0 Å². The fourth-order valence-corrected chi connectivity index (χ4v) is 1.22. The number of aromatic nitrogens is 1. The largest absolute Gasteiger partial charge is 0.311 e. The predicted molar refractivity (Wildman–Crippen MR) is 49.8 cm³/mol. The van der Waals surface area contributed by atoms with Gasteiger partial charge in [0.05, 0.1) is 0 Å². The van der Waals surface area contributed by atoms with Gasteiger partial charge >= 0.3 is 0 Å². The molecule has 1 atom stereocenters. The van der Waals surface area contributed by atoms with Gasteiger partial charge < -0.3 is 5.32 Å². The van der Waals surface area contributed by atoms with Gasteiger partial charge in [-0.2, -0.15) is 0 Å². The van der Waals surface area contributed by atoms with Gasteiger partial charge in [-0.1, -0.05) is 12.7 Å². The van der Waals surface area contributed by atoms with E-state index in [-0.39, 0.29) is 0 Å². The minimum absolute atomic E-state index is 0.664. The maximum absolute atomic E-state index is 4.28. The summed E-state index contributed by atoms with van der Waals surface area (Å²) in [5.41, 5.74) is 2.31. The van der Waals surface area contributed by atoms with Gasteiger partial charge in [0.1, 0.15) is 0 Å². The summed E-state index contributed by atoms with van der Waals surface area (Å²) in [6.07, 6.45) is 4.74. The molecule has 0 aromatic carbocycles. The van der Waals surface area contributed by atoms with E-state index in [0.29, 0.717) is 6.04 Å². The number of rotatable bonds is 3. The molecule has 0 aliphatic carbocycles. The van der Waals surface area contributed by atoms with E-state index in [1.54, 1.807) is 0 Å². The molecule has 62 valence electrons. The van der Waals surface area contributed by atoms with Crippen LogP contribution in [0, 0.1) is 0 Å². The molecule has 0 amide bonds. The molecular formula is C10H12N2. The summed E-state index contributed by atoms with van der Waals surface area (Å²) in [4.78, 5) is 4.28. The molecule has 0 bridgehead atoms. The highest BCUT2D eigenvalue weighted by molar-refractivity contribution is 5.46. The third-order valence-electron chi connectivity index (χ3n) is 2.02. The second-order valence-electron chi connectivity index (χ2n) is 3.09. The third-order valence-corrected chi connectivity index (χ3v) is 2.02. The second-order valence-corrected chi connectivity index (χ2v) is 3.09. The Hall–Kier alpha value is -1.15. The number of nitrogens with one attached hydrogen (secondary N) is 1. The van der Waals surface area contributed by atoms with Gasteiger partial charge in [-0.15, -0.1) is 0 Å². The Morgan fingerprint density at radius 2 is 2.58 bits per heavy atom. The van der Waals surface area contributed by atoms with Crippen molar-refractivity contribution in [3.8, 4) is 0 Å². The molecule has 2 heterocycles. The predicted octanol–water partition coefficient (Wildman–Crippen LogP) is 1.24. The number of nitrogens with zero attached hydrogens (tertiary/aromatic N) is 1. The lowest BCUT2D eigenvalue weighted by Crippen LogP contribution is -1.99. The van der Waals surface area contributed by atoms with Crippen LogP contribution in [0.5, 0.6) is 0 Å². The summed E-state index contributed by atoms with van der Waals surface area (Å²) in [5, 5.41) is 3.25. The quantitative estimate of drug-likeness (QED) is 0.675. The van der Waals surface area contributed by atoms with Crippen molar-refractivity contribution in [2.45, 2.75) is 12.5 Å². The van der Waals surface area contributed by atoms with E-state index in [2.05, 4.69) is 22.9 Å². The van der Waals surface area contributed by atoms with Gasteiger partial charge in [-0.05, 0) is 17.7 Å². The fourth-order valence-electron chi connectivity index (χ4n) is 1.22. The first kappa shape index (κ1) is 7.50. The lowest BCUT2D eigenvalue weighted by Gasteiger charge is -1.98. The standard InChI is InChI=1S/C10H12N2/c1-2-8-3-4-11-9(5-8)6-10-7-12-10/h2-5,10,12H,1,6-7H2. The molecule has 12 heavy (non-hydrogen) atoms. The zero-order chi connectivity index (χ0) is 8.39. The molecule has 2 rings (SSSR count). The number of hydrogen-bond acceptors (Lipinski definition) is 2. The molecule has 2 nitrogen and oxygen atoms in total. The third kappa shape index (κ3) is 1.71. The van der Waals surface area contributed by atoms with Crippen LogP contribution in [0.15, 0.2) is 24.9 Å². The van der Waals surface area contributed by atoms with Gasteiger partial charge in [0, 0.05) is 30.9 Å². The Morgan fingerprint density at radius 3 is 3.25 bits per heavy atom. The van der Waals surface area contributed by atoms with Crippen LogP contribution >= 0.6 is 0 Å². The monoisotopic (exact) mass is 160 g/mol. The van der Waals surface area contributed by atoms with Crippen molar-refractivity contribution in [3.05, 3.63) is 36.2 Å². The molecule has 2 heteroatoms. The Balaban J connectivity index is 2.13. The van der Waals surface area contributed by atoms with Crippen molar-refractivity contribution in [3.63, 3.8) is 0 Å². The van der Waals surface area contributed by atoms with Crippen LogP contribution in [0.4, 0.5) is 0 Å². The van der Waals surface area contributed by atoms with Crippen LogP contribution in [0.1, 0.15) is 11.3 Å². The minimum atomic E-state index is 0.664. The Labute approximate surface area is 72.3 Å². The van der Waals surface area contributed by atoms with Crippen molar-refractivity contribution >= 4 is 6.08 Å². The molecule has 0 spiro atoms. The molecule has 1 aromatic rings. The molecule has 1 fully saturated rings. The highest BCUT2D eigenvalue weighted by atomic mass is 15.1. The Bertz CT molecular complexity index is 290. The average Bonchev–Trinajstić information content (AvgIpc) is 2.89. The summed E-state index contributed by atoms with van der Waals surface area (Å²) >= 11 is 0. The van der Waals surface area contributed by atoms with Gasteiger partial charge in [0.2, 0.25) is 0 Å². The topological polar surface area (TPSA) is 34.8 Å². The van der Waals surface area contributed by atoms with Gasteiger partial charge in [-0.25, -0.2) is 0 Å². The Morgan fingerprint density at radius 1 is 1.75 bits per heavy atom. The molecule has 1 saturated heterocycles. The van der Waals surface area contributed by atoms with Crippen LogP contribution in [0.25, 0.3) is 6.08 Å². The molecule has 1 aliphatic rings. The number of hydrogen-bond donors (Lipinski definition) is 1. The van der Waals surface area contributed by atoms with E-state index in [4.69, 9.17) is 0 Å². The van der Waals surface area contributed by atoms with E-state index in [9.17, 15) is 0 Å². The first-order valence-electron chi connectivity index (χ1n) is 4.19. The summed E-state index contributed by atoms with van der Waals surface area (Å²) < 4.78 is 0. The zero-order valence-corrected chi connectivity index (χ0v) is 6.96. The first-order valence-corrected chi connectivity index (χ1v) is 4.19. The smallest absolute Gasteiger partial charge is 0.0425 e. The van der Waals surface area contributed by atoms with Gasteiger partial charge in [0.15, 0.2) is 0 Å². The fraction of sp³-hybridized carbons (Fsp3) is 0.300. The highest BCUT2D eigenvalue weighted by Gasteiger charge is 2.20.